The summed E-state index contributed by atoms with van der Waals surface area (Å²) >= 11 is 4.64. The summed E-state index contributed by atoms with van der Waals surface area (Å²) in [5, 5.41) is 4.20. The van der Waals surface area contributed by atoms with Crippen LogP contribution in [-0.4, -0.2) is 27.0 Å². The summed E-state index contributed by atoms with van der Waals surface area (Å²) in [7, 11) is 1.79. The zero-order valence-corrected chi connectivity index (χ0v) is 17.9. The highest BCUT2D eigenvalue weighted by molar-refractivity contribution is 7.98. The Labute approximate surface area is 169 Å². The molecule has 4 rings (SSSR count). The van der Waals surface area contributed by atoms with Crippen molar-refractivity contribution in [2.75, 3.05) is 11.4 Å². The van der Waals surface area contributed by atoms with Crippen LogP contribution in [0.3, 0.4) is 0 Å². The zero-order valence-electron chi connectivity index (χ0n) is 15.4. The van der Waals surface area contributed by atoms with E-state index in [0.29, 0.717) is 22.6 Å². The van der Waals surface area contributed by atoms with Crippen molar-refractivity contribution < 1.29 is 4.79 Å². The Hall–Kier alpha value is -1.71. The molecule has 0 spiro atoms. The highest BCUT2D eigenvalue weighted by atomic mass is 32.2. The molecule has 1 aliphatic carbocycles. The molecule has 3 heterocycles. The van der Waals surface area contributed by atoms with E-state index in [1.807, 2.05) is 12.3 Å². The average Bonchev–Trinajstić information content (AvgIpc) is 3.33. The van der Waals surface area contributed by atoms with Crippen molar-refractivity contribution in [2.45, 2.75) is 44.0 Å². The maximum absolute atomic E-state index is 12.8. The standard InChI is InChI=1S/C18H20N4O2S3/c1-4-22(10(2)23)18-19-11(9-26-18)8-25-17-20-15-14(16(24)21(17)3)12-6-5-7-13(12)27-15/h9H,4-8H2,1-3H3. The molecule has 0 bridgehead atoms. The maximum atomic E-state index is 12.8. The van der Waals surface area contributed by atoms with Gasteiger partial charge in [-0.05, 0) is 31.7 Å². The number of aryl methyl sites for hydroxylation is 2. The number of anilines is 1. The summed E-state index contributed by atoms with van der Waals surface area (Å²) < 4.78 is 1.65. The molecule has 1 aliphatic rings. The minimum atomic E-state index is -0.00804. The molecule has 0 unspecified atom stereocenters. The van der Waals surface area contributed by atoms with E-state index >= 15 is 0 Å². The monoisotopic (exact) mass is 420 g/mol. The highest BCUT2D eigenvalue weighted by Gasteiger charge is 2.22. The van der Waals surface area contributed by atoms with Crippen molar-refractivity contribution in [3.8, 4) is 0 Å². The molecule has 0 fully saturated rings. The third kappa shape index (κ3) is 3.32. The van der Waals surface area contributed by atoms with Gasteiger partial charge in [0.05, 0.1) is 11.1 Å². The lowest BCUT2D eigenvalue weighted by Gasteiger charge is -2.14. The molecule has 3 aromatic rings. The number of hydrogen-bond acceptors (Lipinski definition) is 7. The molecule has 27 heavy (non-hydrogen) atoms. The molecule has 0 aromatic carbocycles. The number of thiazole rings is 1. The predicted octanol–water partition coefficient (Wildman–Crippen LogP) is 3.61. The number of nitrogens with zero attached hydrogens (tertiary/aromatic N) is 4. The number of fused-ring (bicyclic) bond motifs is 3. The first kappa shape index (κ1) is 18.6. The number of aromatic nitrogens is 3. The molecule has 0 radical (unpaired) electrons. The predicted molar refractivity (Wildman–Crippen MR) is 112 cm³/mol. The fourth-order valence-corrected chi connectivity index (χ4v) is 6.56. The summed E-state index contributed by atoms with van der Waals surface area (Å²) in [4.78, 5) is 37.7. The van der Waals surface area contributed by atoms with Gasteiger partial charge >= 0.3 is 0 Å². The molecule has 0 atom stereocenters. The summed E-state index contributed by atoms with van der Waals surface area (Å²) in [5.74, 6) is 0.606. The van der Waals surface area contributed by atoms with Gasteiger partial charge in [-0.15, -0.1) is 22.7 Å². The normalized spacial score (nSPS) is 13.3. The van der Waals surface area contributed by atoms with Crippen LogP contribution in [0.15, 0.2) is 15.3 Å². The lowest BCUT2D eigenvalue weighted by Crippen LogP contribution is -2.27. The topological polar surface area (TPSA) is 68.1 Å². The second kappa shape index (κ2) is 7.37. The van der Waals surface area contributed by atoms with Crippen LogP contribution < -0.4 is 10.5 Å². The van der Waals surface area contributed by atoms with Crippen molar-refractivity contribution in [3.05, 3.63) is 31.9 Å². The van der Waals surface area contributed by atoms with E-state index in [4.69, 9.17) is 4.98 Å². The lowest BCUT2D eigenvalue weighted by molar-refractivity contribution is -0.116. The second-order valence-corrected chi connectivity index (χ2v) is 9.33. The Morgan fingerprint density at radius 2 is 2.19 bits per heavy atom. The van der Waals surface area contributed by atoms with Crippen LogP contribution in [-0.2, 0) is 30.4 Å². The maximum Gasteiger partial charge on any atom is 0.262 e. The number of thioether (sulfide) groups is 1. The summed E-state index contributed by atoms with van der Waals surface area (Å²) in [6, 6.07) is 0. The van der Waals surface area contributed by atoms with Gasteiger partial charge in [0.15, 0.2) is 10.3 Å². The Morgan fingerprint density at radius 1 is 1.37 bits per heavy atom. The molecule has 0 aliphatic heterocycles. The molecule has 0 saturated heterocycles. The van der Waals surface area contributed by atoms with E-state index in [-0.39, 0.29) is 11.5 Å². The van der Waals surface area contributed by atoms with E-state index in [9.17, 15) is 9.59 Å². The minimum absolute atomic E-state index is 0.00804. The van der Waals surface area contributed by atoms with Crippen LogP contribution in [0, 0.1) is 0 Å². The lowest BCUT2D eigenvalue weighted by atomic mass is 10.2. The van der Waals surface area contributed by atoms with Gasteiger partial charge in [0.1, 0.15) is 4.83 Å². The van der Waals surface area contributed by atoms with E-state index < -0.39 is 0 Å². The average molecular weight is 421 g/mol. The van der Waals surface area contributed by atoms with Crippen molar-refractivity contribution in [3.63, 3.8) is 0 Å². The summed E-state index contributed by atoms with van der Waals surface area (Å²) in [5.41, 5.74) is 2.16. The molecule has 3 aromatic heterocycles. The van der Waals surface area contributed by atoms with Crippen molar-refractivity contribution >= 4 is 55.7 Å². The number of rotatable bonds is 5. The Balaban J connectivity index is 1.58. The number of carbonyl (C=O) groups is 1. The van der Waals surface area contributed by atoms with E-state index in [1.165, 1.54) is 33.5 Å². The van der Waals surface area contributed by atoms with Crippen molar-refractivity contribution in [2.24, 2.45) is 7.05 Å². The van der Waals surface area contributed by atoms with Gasteiger partial charge in [-0.3, -0.25) is 19.1 Å². The molecular formula is C18H20N4O2S3. The van der Waals surface area contributed by atoms with E-state index in [0.717, 1.165) is 35.2 Å². The van der Waals surface area contributed by atoms with Crippen molar-refractivity contribution in [1.29, 1.82) is 0 Å². The SMILES string of the molecule is CCN(C(C)=O)c1nc(CSc2nc3sc4c(c3c(=O)n2C)CCC4)cs1. The van der Waals surface area contributed by atoms with Crippen molar-refractivity contribution in [1.82, 2.24) is 14.5 Å². The minimum Gasteiger partial charge on any atom is -0.290 e. The molecule has 6 nitrogen and oxygen atoms in total. The largest absolute Gasteiger partial charge is 0.290 e. The molecule has 0 N–H and O–H groups in total. The van der Waals surface area contributed by atoms with Crippen LogP contribution in [0.25, 0.3) is 10.2 Å². The fraction of sp³-hybridized carbons (Fsp3) is 0.444. The molecule has 142 valence electrons. The number of hydrogen-bond donors (Lipinski definition) is 0. The summed E-state index contributed by atoms with van der Waals surface area (Å²) in [6.45, 7) is 4.09. The van der Waals surface area contributed by atoms with Gasteiger partial charge in [-0.1, -0.05) is 11.8 Å². The smallest absolute Gasteiger partial charge is 0.262 e. The van der Waals surface area contributed by atoms with E-state index in [1.54, 1.807) is 34.8 Å². The molecule has 9 heteroatoms. The van der Waals surface area contributed by atoms with Gasteiger partial charge in [0.25, 0.3) is 5.56 Å². The van der Waals surface area contributed by atoms with Crippen LogP contribution >= 0.6 is 34.4 Å². The third-order valence-electron chi connectivity index (χ3n) is 4.72. The first-order valence-electron chi connectivity index (χ1n) is 8.86. The third-order valence-corrected chi connectivity index (χ3v) is 7.88. The van der Waals surface area contributed by atoms with Gasteiger partial charge in [0, 0.05) is 36.5 Å². The van der Waals surface area contributed by atoms with Crippen LogP contribution in [0.5, 0.6) is 0 Å². The van der Waals surface area contributed by atoms with Crippen LogP contribution in [0.2, 0.25) is 0 Å². The number of carbonyl (C=O) groups excluding carboxylic acids is 1. The quantitative estimate of drug-likeness (QED) is 0.466. The van der Waals surface area contributed by atoms with Gasteiger partial charge in [-0.2, -0.15) is 0 Å². The number of thiophene rings is 1. The molecule has 0 saturated carbocycles. The second-order valence-electron chi connectivity index (χ2n) is 6.47. The Morgan fingerprint density at radius 3 is 2.93 bits per heavy atom. The Kier molecular flexibility index (Phi) is 5.09. The molecule has 1 amide bonds. The van der Waals surface area contributed by atoms with E-state index in [2.05, 4.69) is 4.98 Å². The molecular weight excluding hydrogens is 400 g/mol. The number of amides is 1. The van der Waals surface area contributed by atoms with Gasteiger partial charge < -0.3 is 0 Å². The van der Waals surface area contributed by atoms with Gasteiger partial charge in [0.2, 0.25) is 5.91 Å². The highest BCUT2D eigenvalue weighted by Crippen LogP contribution is 2.35. The zero-order chi connectivity index (χ0) is 19.1. The Bertz CT molecular complexity index is 1080. The summed E-state index contributed by atoms with van der Waals surface area (Å²) in [6.07, 6.45) is 3.19. The fourth-order valence-electron chi connectivity index (χ4n) is 3.35. The first-order valence-corrected chi connectivity index (χ1v) is 11.5. The van der Waals surface area contributed by atoms with Crippen LogP contribution in [0.1, 0.15) is 36.4 Å². The van der Waals surface area contributed by atoms with Crippen LogP contribution in [0.4, 0.5) is 5.13 Å². The van der Waals surface area contributed by atoms with Gasteiger partial charge in [-0.25, -0.2) is 9.97 Å². The first-order chi connectivity index (χ1) is 13.0.